The van der Waals surface area contributed by atoms with Crippen LogP contribution in [0.4, 0.5) is 0 Å². The van der Waals surface area contributed by atoms with Gasteiger partial charge >= 0.3 is 5.97 Å². The smallest absolute Gasteiger partial charge is 0.305 e. The van der Waals surface area contributed by atoms with Crippen LogP contribution in [0.25, 0.3) is 0 Å². The summed E-state index contributed by atoms with van der Waals surface area (Å²) in [4.78, 5) is 11.9. The molecule has 0 saturated heterocycles. The molecular formula is C40H74O2. The lowest BCUT2D eigenvalue weighted by atomic mass is 10.1. The van der Waals surface area contributed by atoms with Gasteiger partial charge in [0.2, 0.25) is 0 Å². The highest BCUT2D eigenvalue weighted by atomic mass is 16.5. The highest BCUT2D eigenvalue weighted by molar-refractivity contribution is 5.69. The number of hydrogen-bond acceptors (Lipinski definition) is 2. The number of ether oxygens (including phenoxy) is 1. The molecule has 2 heteroatoms. The predicted octanol–water partition coefficient (Wildman–Crippen LogP) is 13.9. The van der Waals surface area contributed by atoms with E-state index in [9.17, 15) is 4.79 Å². The van der Waals surface area contributed by atoms with Crippen molar-refractivity contribution >= 4 is 5.97 Å². The molecule has 0 bridgehead atoms. The minimum Gasteiger partial charge on any atom is -0.466 e. The van der Waals surface area contributed by atoms with Crippen molar-refractivity contribution in [1.29, 1.82) is 0 Å². The van der Waals surface area contributed by atoms with Gasteiger partial charge in [-0.1, -0.05) is 166 Å². The Morgan fingerprint density at radius 2 is 0.738 bits per heavy atom. The standard InChI is InChI=1S/C40H74O2/c1-3-5-7-9-11-13-15-17-19-20-21-22-23-25-27-29-31-33-35-37-39-42-40(41)38-36-34-32-30-28-26-24-18-16-14-12-10-8-6-4-2/h12,14,18,20-21,24H,3-11,13,15-17,19,22-23,25-39H2,1-2H3/b14-12-,21-20-,24-18-. The highest BCUT2D eigenvalue weighted by Gasteiger charge is 2.02. The van der Waals surface area contributed by atoms with E-state index in [1.165, 1.54) is 161 Å². The summed E-state index contributed by atoms with van der Waals surface area (Å²) in [6, 6.07) is 0. The van der Waals surface area contributed by atoms with Crippen LogP contribution in [0.15, 0.2) is 36.5 Å². The van der Waals surface area contributed by atoms with Gasteiger partial charge in [0.1, 0.15) is 0 Å². The van der Waals surface area contributed by atoms with Crippen LogP contribution < -0.4 is 0 Å². The zero-order valence-electron chi connectivity index (χ0n) is 28.7. The van der Waals surface area contributed by atoms with E-state index >= 15 is 0 Å². The number of esters is 1. The Hall–Kier alpha value is -1.31. The van der Waals surface area contributed by atoms with Crippen molar-refractivity contribution in [1.82, 2.24) is 0 Å². The number of hydrogen-bond donors (Lipinski definition) is 0. The number of rotatable bonds is 34. The molecule has 0 radical (unpaired) electrons. The van der Waals surface area contributed by atoms with Crippen molar-refractivity contribution in [2.24, 2.45) is 0 Å². The van der Waals surface area contributed by atoms with Crippen LogP contribution in [0, 0.1) is 0 Å². The van der Waals surface area contributed by atoms with Crippen molar-refractivity contribution in [2.75, 3.05) is 6.61 Å². The van der Waals surface area contributed by atoms with Crippen molar-refractivity contribution in [3.8, 4) is 0 Å². The van der Waals surface area contributed by atoms with Crippen molar-refractivity contribution in [2.45, 2.75) is 206 Å². The Labute approximate surface area is 264 Å². The van der Waals surface area contributed by atoms with Crippen LogP contribution >= 0.6 is 0 Å². The molecule has 0 aliphatic carbocycles. The summed E-state index contributed by atoms with van der Waals surface area (Å²) in [5.41, 5.74) is 0. The Balaban J connectivity index is 3.24. The van der Waals surface area contributed by atoms with E-state index in [0.29, 0.717) is 13.0 Å². The van der Waals surface area contributed by atoms with Crippen LogP contribution in [0.2, 0.25) is 0 Å². The van der Waals surface area contributed by atoms with E-state index in [4.69, 9.17) is 4.74 Å². The molecule has 0 aromatic carbocycles. The summed E-state index contributed by atoms with van der Waals surface area (Å²) in [7, 11) is 0. The Morgan fingerprint density at radius 3 is 1.21 bits per heavy atom. The Kier molecular flexibility index (Phi) is 36.5. The maximum Gasteiger partial charge on any atom is 0.305 e. The van der Waals surface area contributed by atoms with Crippen LogP contribution in [0.1, 0.15) is 206 Å². The van der Waals surface area contributed by atoms with Crippen molar-refractivity contribution < 1.29 is 9.53 Å². The summed E-state index contributed by atoms with van der Waals surface area (Å²) in [6.45, 7) is 5.16. The van der Waals surface area contributed by atoms with Gasteiger partial charge in [-0.15, -0.1) is 0 Å². The van der Waals surface area contributed by atoms with E-state index in [-0.39, 0.29) is 5.97 Å². The second-order valence-electron chi connectivity index (χ2n) is 12.6. The lowest BCUT2D eigenvalue weighted by Gasteiger charge is -2.05. The molecule has 0 spiro atoms. The molecular weight excluding hydrogens is 512 g/mol. The first kappa shape index (κ1) is 40.7. The summed E-state index contributed by atoms with van der Waals surface area (Å²) >= 11 is 0. The fourth-order valence-electron chi connectivity index (χ4n) is 5.40. The van der Waals surface area contributed by atoms with Gasteiger partial charge in [-0.05, 0) is 70.6 Å². The molecule has 0 fully saturated rings. The molecule has 0 aromatic rings. The number of carbonyl (C=O) groups is 1. The van der Waals surface area contributed by atoms with E-state index < -0.39 is 0 Å². The van der Waals surface area contributed by atoms with Crippen molar-refractivity contribution in [3.05, 3.63) is 36.5 Å². The first-order valence-corrected chi connectivity index (χ1v) is 18.9. The summed E-state index contributed by atoms with van der Waals surface area (Å²) in [5.74, 6) is 0.00698. The van der Waals surface area contributed by atoms with Crippen LogP contribution in [-0.4, -0.2) is 12.6 Å². The second kappa shape index (κ2) is 37.7. The third-order valence-corrected chi connectivity index (χ3v) is 8.25. The summed E-state index contributed by atoms with van der Waals surface area (Å²) < 4.78 is 5.44. The van der Waals surface area contributed by atoms with E-state index in [1.54, 1.807) is 0 Å². The monoisotopic (exact) mass is 587 g/mol. The van der Waals surface area contributed by atoms with Gasteiger partial charge in [-0.3, -0.25) is 4.79 Å². The van der Waals surface area contributed by atoms with Crippen molar-refractivity contribution in [3.63, 3.8) is 0 Å². The molecule has 42 heavy (non-hydrogen) atoms. The Morgan fingerprint density at radius 1 is 0.405 bits per heavy atom. The number of unbranched alkanes of at least 4 members (excludes halogenated alkanes) is 24. The van der Waals surface area contributed by atoms with Crippen LogP contribution in [-0.2, 0) is 9.53 Å². The van der Waals surface area contributed by atoms with Gasteiger partial charge in [0.05, 0.1) is 6.61 Å². The molecule has 0 atom stereocenters. The molecule has 0 unspecified atom stereocenters. The largest absolute Gasteiger partial charge is 0.466 e. The Bertz CT molecular complexity index is 603. The average molecular weight is 587 g/mol. The lowest BCUT2D eigenvalue weighted by molar-refractivity contribution is -0.143. The quantitative estimate of drug-likeness (QED) is 0.0426. The molecule has 0 aliphatic rings. The van der Waals surface area contributed by atoms with Gasteiger partial charge in [-0.2, -0.15) is 0 Å². The van der Waals surface area contributed by atoms with Gasteiger partial charge in [0.15, 0.2) is 0 Å². The third kappa shape index (κ3) is 36.7. The molecule has 0 amide bonds. The maximum atomic E-state index is 11.9. The molecule has 0 N–H and O–H groups in total. The van der Waals surface area contributed by atoms with Gasteiger partial charge in [0.25, 0.3) is 0 Å². The number of carbonyl (C=O) groups excluding carboxylic acids is 1. The zero-order valence-corrected chi connectivity index (χ0v) is 28.7. The van der Waals surface area contributed by atoms with Gasteiger partial charge in [0, 0.05) is 6.42 Å². The fraction of sp³-hybridized carbons (Fsp3) is 0.825. The van der Waals surface area contributed by atoms with Gasteiger partial charge in [-0.25, -0.2) is 0 Å². The first-order chi connectivity index (χ1) is 20.8. The molecule has 0 heterocycles. The number of allylic oxidation sites excluding steroid dienone is 6. The first-order valence-electron chi connectivity index (χ1n) is 18.9. The van der Waals surface area contributed by atoms with Crippen LogP contribution in [0.3, 0.4) is 0 Å². The SMILES string of the molecule is CCCCC/C=C\C/C=C\CCCCCCCC(=O)OCCCCCCCCCC/C=C\CCCCCCCCCC. The lowest BCUT2D eigenvalue weighted by Crippen LogP contribution is -2.05. The molecule has 246 valence electrons. The topological polar surface area (TPSA) is 26.3 Å². The zero-order chi connectivity index (χ0) is 30.4. The molecule has 0 aromatic heterocycles. The maximum absolute atomic E-state index is 11.9. The minimum absolute atomic E-state index is 0.00698. The van der Waals surface area contributed by atoms with E-state index in [0.717, 1.165) is 25.7 Å². The van der Waals surface area contributed by atoms with E-state index in [2.05, 4.69) is 50.3 Å². The third-order valence-electron chi connectivity index (χ3n) is 8.25. The highest BCUT2D eigenvalue weighted by Crippen LogP contribution is 2.13. The normalized spacial score (nSPS) is 12.0. The summed E-state index contributed by atoms with van der Waals surface area (Å²) in [5, 5.41) is 0. The predicted molar refractivity (Wildman–Crippen MR) is 188 cm³/mol. The summed E-state index contributed by atoms with van der Waals surface area (Å²) in [6.07, 6.45) is 52.1. The fourth-order valence-corrected chi connectivity index (χ4v) is 5.40. The van der Waals surface area contributed by atoms with E-state index in [1.807, 2.05) is 0 Å². The molecule has 0 saturated carbocycles. The minimum atomic E-state index is 0.00698. The molecule has 0 aliphatic heterocycles. The van der Waals surface area contributed by atoms with Crippen LogP contribution in [0.5, 0.6) is 0 Å². The second-order valence-corrected chi connectivity index (χ2v) is 12.6. The molecule has 2 nitrogen and oxygen atoms in total. The average Bonchev–Trinajstić information content (AvgIpc) is 3.00. The van der Waals surface area contributed by atoms with Gasteiger partial charge < -0.3 is 4.74 Å². The molecule has 0 rings (SSSR count).